The Balaban J connectivity index is 1.66. The third kappa shape index (κ3) is 4.50. The number of nitrogens with one attached hydrogen (secondary N) is 1. The van der Waals surface area contributed by atoms with Crippen molar-refractivity contribution in [2.24, 2.45) is 0 Å². The van der Waals surface area contributed by atoms with E-state index in [1.54, 1.807) is 0 Å². The first kappa shape index (κ1) is 23.4. The number of hydrogen-bond acceptors (Lipinski definition) is 2. The fourth-order valence-electron chi connectivity index (χ4n) is 4.79. The van der Waals surface area contributed by atoms with Crippen molar-refractivity contribution >= 4 is 33.4 Å². The van der Waals surface area contributed by atoms with E-state index in [4.69, 9.17) is 0 Å². The molecule has 3 aromatic carbocycles. The number of rotatable bonds is 3. The second-order valence-corrected chi connectivity index (χ2v) is 9.53. The maximum Gasteiger partial charge on any atom is 0.416 e. The van der Waals surface area contributed by atoms with Crippen molar-refractivity contribution in [2.75, 3.05) is 4.90 Å². The van der Waals surface area contributed by atoms with Crippen LogP contribution in [0.4, 0.5) is 23.7 Å². The van der Waals surface area contributed by atoms with Crippen molar-refractivity contribution < 1.29 is 22.8 Å². The standard InChI is InChI=1S/C27H20BrF3N2O2/c28-20-11-9-17(10-12-20)25-24-22(13-18(14-23(24)34)16-5-2-1-3-6-16)33(26(35)32-25)21-8-4-7-19(15-21)27(29,30)31/h1-12,15,18,25H,13-14H2,(H,32,35). The van der Waals surface area contributed by atoms with Gasteiger partial charge in [0.25, 0.3) is 0 Å². The smallest absolute Gasteiger partial charge is 0.326 e. The molecule has 2 atom stereocenters. The summed E-state index contributed by atoms with van der Waals surface area (Å²) in [5, 5.41) is 2.85. The zero-order valence-corrected chi connectivity index (χ0v) is 19.9. The summed E-state index contributed by atoms with van der Waals surface area (Å²) in [6.45, 7) is 0. The molecule has 0 saturated carbocycles. The van der Waals surface area contributed by atoms with Crippen LogP contribution in [0.25, 0.3) is 0 Å². The van der Waals surface area contributed by atoms with Gasteiger partial charge in [-0.05, 0) is 53.8 Å². The lowest BCUT2D eigenvalue weighted by Gasteiger charge is -2.41. The average molecular weight is 541 g/mol. The van der Waals surface area contributed by atoms with Gasteiger partial charge >= 0.3 is 12.2 Å². The van der Waals surface area contributed by atoms with Gasteiger partial charge in [0.1, 0.15) is 0 Å². The van der Waals surface area contributed by atoms with Gasteiger partial charge in [0.05, 0.1) is 17.3 Å². The zero-order chi connectivity index (χ0) is 24.7. The van der Waals surface area contributed by atoms with Crippen LogP contribution in [0.3, 0.4) is 0 Å². The number of nitrogens with zero attached hydrogens (tertiary/aromatic N) is 1. The summed E-state index contributed by atoms with van der Waals surface area (Å²) in [5.41, 5.74) is 1.73. The molecule has 2 unspecified atom stereocenters. The molecule has 8 heteroatoms. The predicted octanol–water partition coefficient (Wildman–Crippen LogP) is 7.14. The van der Waals surface area contributed by atoms with Gasteiger partial charge < -0.3 is 5.32 Å². The van der Waals surface area contributed by atoms with Gasteiger partial charge in [0, 0.05) is 22.2 Å². The zero-order valence-electron chi connectivity index (χ0n) is 18.4. The van der Waals surface area contributed by atoms with E-state index in [1.165, 1.54) is 17.0 Å². The van der Waals surface area contributed by atoms with Crippen LogP contribution in [0.1, 0.15) is 41.5 Å². The molecule has 0 fully saturated rings. The minimum Gasteiger partial charge on any atom is -0.326 e. The molecule has 0 bridgehead atoms. The fourth-order valence-corrected chi connectivity index (χ4v) is 5.06. The Morgan fingerprint density at radius 3 is 2.26 bits per heavy atom. The van der Waals surface area contributed by atoms with E-state index >= 15 is 0 Å². The highest BCUT2D eigenvalue weighted by molar-refractivity contribution is 9.10. The molecule has 1 aliphatic carbocycles. The molecule has 35 heavy (non-hydrogen) atoms. The maximum atomic E-state index is 13.5. The molecule has 0 spiro atoms. The van der Waals surface area contributed by atoms with Gasteiger partial charge in [-0.2, -0.15) is 13.2 Å². The highest BCUT2D eigenvalue weighted by atomic mass is 79.9. The Morgan fingerprint density at radius 2 is 1.57 bits per heavy atom. The first-order valence-electron chi connectivity index (χ1n) is 11.1. The summed E-state index contributed by atoms with van der Waals surface area (Å²) < 4.78 is 41.2. The molecule has 3 aromatic rings. The number of allylic oxidation sites excluding steroid dienone is 1. The van der Waals surface area contributed by atoms with Crippen LogP contribution in [-0.4, -0.2) is 11.8 Å². The summed E-state index contributed by atoms with van der Waals surface area (Å²) in [6, 6.07) is 20.1. The normalized spacial score (nSPS) is 20.5. The molecule has 178 valence electrons. The minimum absolute atomic E-state index is 0.0700. The number of urea groups is 1. The lowest BCUT2D eigenvalue weighted by atomic mass is 9.77. The SMILES string of the molecule is O=C1CC(c2ccccc2)CC2=C1C(c1ccc(Br)cc1)NC(=O)N2c1cccc(C(F)(F)F)c1. The van der Waals surface area contributed by atoms with Crippen molar-refractivity contribution in [1.82, 2.24) is 5.32 Å². The molecule has 2 aliphatic rings. The van der Waals surface area contributed by atoms with Crippen LogP contribution < -0.4 is 10.2 Å². The number of benzene rings is 3. The molecule has 0 aromatic heterocycles. The number of amides is 2. The number of halogens is 4. The monoisotopic (exact) mass is 540 g/mol. The molecule has 4 nitrogen and oxygen atoms in total. The quantitative estimate of drug-likeness (QED) is 0.383. The number of carbonyl (C=O) groups is 2. The number of Topliss-reactive ketones (excluding diaryl/α,β-unsaturated/α-hetero) is 1. The van der Waals surface area contributed by atoms with Gasteiger partial charge in [-0.15, -0.1) is 0 Å². The summed E-state index contributed by atoms with van der Waals surface area (Å²) >= 11 is 3.39. The van der Waals surface area contributed by atoms with Crippen LogP contribution >= 0.6 is 15.9 Å². The van der Waals surface area contributed by atoms with E-state index in [9.17, 15) is 22.8 Å². The van der Waals surface area contributed by atoms with Crippen molar-refractivity contribution in [3.8, 4) is 0 Å². The van der Waals surface area contributed by atoms with Crippen LogP contribution in [0.15, 0.2) is 94.6 Å². The largest absolute Gasteiger partial charge is 0.416 e. The van der Waals surface area contributed by atoms with Gasteiger partial charge in [-0.3, -0.25) is 9.69 Å². The second kappa shape index (κ2) is 9.00. The molecule has 0 radical (unpaired) electrons. The molecule has 2 amide bonds. The van der Waals surface area contributed by atoms with E-state index < -0.39 is 23.8 Å². The molecule has 1 N–H and O–H groups in total. The molecular weight excluding hydrogens is 521 g/mol. The third-order valence-electron chi connectivity index (χ3n) is 6.42. The van der Waals surface area contributed by atoms with E-state index in [0.29, 0.717) is 17.7 Å². The van der Waals surface area contributed by atoms with Crippen LogP contribution in [-0.2, 0) is 11.0 Å². The van der Waals surface area contributed by atoms with E-state index in [1.807, 2.05) is 54.6 Å². The first-order chi connectivity index (χ1) is 16.7. The summed E-state index contributed by atoms with van der Waals surface area (Å²) in [4.78, 5) is 28.2. The number of alkyl halides is 3. The van der Waals surface area contributed by atoms with Crippen LogP contribution in [0.2, 0.25) is 0 Å². The lowest BCUT2D eigenvalue weighted by Crippen LogP contribution is -2.50. The third-order valence-corrected chi connectivity index (χ3v) is 6.95. The molecule has 1 aliphatic heterocycles. The van der Waals surface area contributed by atoms with Crippen LogP contribution in [0, 0.1) is 0 Å². The average Bonchev–Trinajstić information content (AvgIpc) is 2.84. The first-order valence-corrected chi connectivity index (χ1v) is 11.9. The predicted molar refractivity (Wildman–Crippen MR) is 130 cm³/mol. The number of carbonyl (C=O) groups excluding carboxylic acids is 2. The lowest BCUT2D eigenvalue weighted by molar-refractivity contribution is -0.137. The number of ketones is 1. The van der Waals surface area contributed by atoms with Gasteiger partial charge in [0.2, 0.25) is 0 Å². The van der Waals surface area contributed by atoms with Crippen molar-refractivity contribution in [3.63, 3.8) is 0 Å². The summed E-state index contributed by atoms with van der Waals surface area (Å²) in [6.07, 6.45) is -3.96. The van der Waals surface area contributed by atoms with E-state index in [2.05, 4.69) is 21.2 Å². The van der Waals surface area contributed by atoms with Gasteiger partial charge in [0.15, 0.2) is 5.78 Å². The Hall–Kier alpha value is -3.39. The summed E-state index contributed by atoms with van der Waals surface area (Å²) in [5.74, 6) is -0.322. The van der Waals surface area contributed by atoms with E-state index in [-0.39, 0.29) is 23.8 Å². The number of anilines is 1. The Bertz CT molecular complexity index is 1320. The van der Waals surface area contributed by atoms with Crippen molar-refractivity contribution in [3.05, 3.63) is 111 Å². The molecule has 0 saturated heterocycles. The highest BCUT2D eigenvalue weighted by Gasteiger charge is 2.42. The Morgan fingerprint density at radius 1 is 0.857 bits per heavy atom. The molecular formula is C27H20BrF3N2O2. The fraction of sp³-hybridized carbons (Fsp3) is 0.185. The Labute approximate surface area is 208 Å². The number of hydrogen-bond donors (Lipinski definition) is 1. The molecule has 1 heterocycles. The van der Waals surface area contributed by atoms with Gasteiger partial charge in [-0.1, -0.05) is 64.5 Å². The minimum atomic E-state index is -4.56. The topological polar surface area (TPSA) is 49.4 Å². The van der Waals surface area contributed by atoms with Crippen molar-refractivity contribution in [1.29, 1.82) is 0 Å². The maximum absolute atomic E-state index is 13.5. The molecule has 5 rings (SSSR count). The highest BCUT2D eigenvalue weighted by Crippen LogP contribution is 2.44. The van der Waals surface area contributed by atoms with Crippen LogP contribution in [0.5, 0.6) is 0 Å². The van der Waals surface area contributed by atoms with Gasteiger partial charge in [-0.25, -0.2) is 4.79 Å². The van der Waals surface area contributed by atoms with Crippen molar-refractivity contribution in [2.45, 2.75) is 31.0 Å². The second-order valence-electron chi connectivity index (χ2n) is 8.62. The van der Waals surface area contributed by atoms with E-state index in [0.717, 1.165) is 27.7 Å². The Kier molecular flexibility index (Phi) is 6.01. The summed E-state index contributed by atoms with van der Waals surface area (Å²) in [7, 11) is 0.